The van der Waals surface area contributed by atoms with Crippen molar-refractivity contribution in [2.24, 2.45) is 7.05 Å². The minimum absolute atomic E-state index is 0.223. The molecule has 37 heavy (non-hydrogen) atoms. The van der Waals surface area contributed by atoms with E-state index in [9.17, 15) is 22.8 Å². The van der Waals surface area contributed by atoms with Gasteiger partial charge in [0.15, 0.2) is 6.10 Å². The molecule has 3 heterocycles. The van der Waals surface area contributed by atoms with Crippen LogP contribution in [0.25, 0.3) is 21.9 Å². The van der Waals surface area contributed by atoms with Crippen molar-refractivity contribution in [3.05, 3.63) is 89.1 Å². The summed E-state index contributed by atoms with van der Waals surface area (Å²) in [6.07, 6.45) is -0.183. The number of nitrogens with one attached hydrogen (secondary N) is 1. The van der Waals surface area contributed by atoms with E-state index < -0.39 is 18.2 Å². The Hall–Kier alpha value is -4.67. The van der Waals surface area contributed by atoms with Gasteiger partial charge in [0.05, 0.1) is 0 Å². The first-order valence-corrected chi connectivity index (χ1v) is 10.9. The second-order valence-corrected chi connectivity index (χ2v) is 8.17. The Morgan fingerprint density at radius 3 is 2.43 bits per heavy atom. The molecule has 0 saturated carbocycles. The first kappa shape index (κ1) is 25.4. The van der Waals surface area contributed by atoms with Gasteiger partial charge in [0.1, 0.15) is 11.4 Å². The number of alkyl halides is 3. The van der Waals surface area contributed by atoms with Crippen LogP contribution in [0.15, 0.2) is 78.0 Å². The standard InChI is InChI=1S/C24H19N3O3.C2HF3O2/c1-27-14-18(15-8-10-25-11-9-15)12-20(24(27)29)26-23(28)21-13-17-7-6-16-4-2-3-5-19(16)22(17)30-21;3-2(4,5)1(6)7/h2-12,14,21H,13H2,1H3,(H,26,28);(H,6,7). The molecule has 1 aliphatic rings. The Bertz CT molecular complexity index is 1530. The molecule has 1 unspecified atom stereocenters. The Balaban J connectivity index is 0.000000405. The van der Waals surface area contributed by atoms with Crippen molar-refractivity contribution < 1.29 is 32.6 Å². The average Bonchev–Trinajstić information content (AvgIpc) is 3.32. The lowest BCUT2D eigenvalue weighted by Crippen LogP contribution is -2.34. The molecule has 0 spiro atoms. The molecule has 2 aromatic carbocycles. The maximum absolute atomic E-state index is 12.9. The van der Waals surface area contributed by atoms with Gasteiger partial charge in [0.2, 0.25) is 0 Å². The summed E-state index contributed by atoms with van der Waals surface area (Å²) in [5, 5.41) is 12.0. The molecule has 8 nitrogen and oxygen atoms in total. The topological polar surface area (TPSA) is 111 Å². The highest BCUT2D eigenvalue weighted by molar-refractivity contribution is 5.97. The number of ether oxygens (including phenoxy) is 1. The molecule has 0 fully saturated rings. The number of pyridine rings is 2. The summed E-state index contributed by atoms with van der Waals surface area (Å²) >= 11 is 0. The smallest absolute Gasteiger partial charge is 0.479 e. The highest BCUT2D eigenvalue weighted by Gasteiger charge is 2.38. The van der Waals surface area contributed by atoms with Gasteiger partial charge in [0, 0.05) is 43.0 Å². The fourth-order valence-electron chi connectivity index (χ4n) is 3.83. The van der Waals surface area contributed by atoms with Gasteiger partial charge in [-0.3, -0.25) is 14.6 Å². The van der Waals surface area contributed by atoms with E-state index in [1.54, 1.807) is 31.7 Å². The molecule has 2 aromatic heterocycles. The molecule has 0 radical (unpaired) electrons. The number of halogens is 3. The van der Waals surface area contributed by atoms with Crippen LogP contribution in [0.3, 0.4) is 0 Å². The molecule has 2 N–H and O–H groups in total. The molecule has 0 saturated heterocycles. The average molecular weight is 511 g/mol. The van der Waals surface area contributed by atoms with E-state index in [2.05, 4.69) is 10.3 Å². The SMILES string of the molecule is Cn1cc(-c2ccncc2)cc(NC(=O)C2Cc3ccc4ccccc4c3O2)c1=O.O=C(O)C(F)(F)F. The molecule has 4 aromatic rings. The number of aromatic nitrogens is 2. The van der Waals surface area contributed by atoms with Crippen molar-refractivity contribution in [1.29, 1.82) is 0 Å². The van der Waals surface area contributed by atoms with Crippen molar-refractivity contribution in [2.75, 3.05) is 5.32 Å². The number of hydrogen-bond acceptors (Lipinski definition) is 5. The predicted molar refractivity (Wildman–Crippen MR) is 129 cm³/mol. The van der Waals surface area contributed by atoms with Crippen LogP contribution in [0.4, 0.5) is 18.9 Å². The lowest BCUT2D eigenvalue weighted by molar-refractivity contribution is -0.192. The monoisotopic (exact) mass is 511 g/mol. The summed E-state index contributed by atoms with van der Waals surface area (Å²) < 4.78 is 39.2. The molecular formula is C26H20F3N3O5. The van der Waals surface area contributed by atoms with Gasteiger partial charge < -0.3 is 19.7 Å². The number of benzene rings is 2. The lowest BCUT2D eigenvalue weighted by Gasteiger charge is -2.13. The largest absolute Gasteiger partial charge is 0.490 e. The fourth-order valence-corrected chi connectivity index (χ4v) is 3.83. The van der Waals surface area contributed by atoms with E-state index in [-0.39, 0.29) is 17.2 Å². The summed E-state index contributed by atoms with van der Waals surface area (Å²) in [6, 6.07) is 17.4. The van der Waals surface area contributed by atoms with Crippen LogP contribution in [0.1, 0.15) is 5.56 Å². The number of nitrogens with zero attached hydrogens (tertiary/aromatic N) is 2. The van der Waals surface area contributed by atoms with Gasteiger partial charge in [-0.05, 0) is 34.7 Å². The maximum Gasteiger partial charge on any atom is 0.490 e. The van der Waals surface area contributed by atoms with Crippen LogP contribution in [-0.2, 0) is 23.1 Å². The van der Waals surface area contributed by atoms with Crippen LogP contribution in [-0.4, -0.2) is 38.8 Å². The number of carboxylic acid groups (broad SMARTS) is 1. The molecule has 1 aliphatic heterocycles. The molecular weight excluding hydrogens is 491 g/mol. The molecule has 1 atom stereocenters. The zero-order valence-corrected chi connectivity index (χ0v) is 19.3. The fraction of sp³-hybridized carbons (Fsp3) is 0.154. The summed E-state index contributed by atoms with van der Waals surface area (Å²) in [4.78, 5) is 38.4. The van der Waals surface area contributed by atoms with Crippen molar-refractivity contribution in [3.63, 3.8) is 0 Å². The van der Waals surface area contributed by atoms with Crippen LogP contribution >= 0.6 is 0 Å². The normalized spacial score (nSPS) is 14.2. The Morgan fingerprint density at radius 1 is 1.08 bits per heavy atom. The number of anilines is 1. The van der Waals surface area contributed by atoms with Gasteiger partial charge in [-0.1, -0.05) is 36.4 Å². The number of hydrogen-bond donors (Lipinski definition) is 2. The number of aryl methyl sites for hydroxylation is 1. The third kappa shape index (κ3) is 5.61. The third-order valence-corrected chi connectivity index (χ3v) is 5.62. The minimum atomic E-state index is -5.08. The Kier molecular flexibility index (Phi) is 6.96. The van der Waals surface area contributed by atoms with E-state index in [0.717, 1.165) is 33.2 Å². The molecule has 0 aliphatic carbocycles. The number of amides is 1. The van der Waals surface area contributed by atoms with Crippen molar-refractivity contribution in [1.82, 2.24) is 9.55 Å². The minimum Gasteiger partial charge on any atom is -0.479 e. The predicted octanol–water partition coefficient (Wildman–Crippen LogP) is 4.18. The number of fused-ring (bicyclic) bond motifs is 3. The second-order valence-electron chi connectivity index (χ2n) is 8.17. The zero-order chi connectivity index (χ0) is 26.7. The number of rotatable bonds is 3. The third-order valence-electron chi connectivity index (χ3n) is 5.62. The Labute approximate surface area is 208 Å². The summed E-state index contributed by atoms with van der Waals surface area (Å²) in [5.74, 6) is -2.35. The van der Waals surface area contributed by atoms with Gasteiger partial charge in [-0.15, -0.1) is 0 Å². The molecule has 0 bridgehead atoms. The first-order chi connectivity index (χ1) is 17.5. The quantitative estimate of drug-likeness (QED) is 0.427. The van der Waals surface area contributed by atoms with E-state index in [0.29, 0.717) is 6.42 Å². The number of carbonyl (C=O) groups is 2. The van der Waals surface area contributed by atoms with E-state index in [1.807, 2.05) is 48.5 Å². The molecule has 1 amide bonds. The van der Waals surface area contributed by atoms with E-state index in [4.69, 9.17) is 14.6 Å². The van der Waals surface area contributed by atoms with Crippen LogP contribution in [0.2, 0.25) is 0 Å². The van der Waals surface area contributed by atoms with Gasteiger partial charge in [-0.25, -0.2) is 4.79 Å². The van der Waals surface area contributed by atoms with Gasteiger partial charge in [-0.2, -0.15) is 13.2 Å². The van der Waals surface area contributed by atoms with E-state index >= 15 is 0 Å². The summed E-state index contributed by atoms with van der Waals surface area (Å²) in [5.41, 5.74) is 2.67. The molecule has 190 valence electrons. The highest BCUT2D eigenvalue weighted by atomic mass is 19.4. The molecule has 5 rings (SSSR count). The number of carboxylic acids is 1. The number of aliphatic carboxylic acids is 1. The molecule has 11 heteroatoms. The first-order valence-electron chi connectivity index (χ1n) is 10.9. The highest BCUT2D eigenvalue weighted by Crippen LogP contribution is 2.36. The van der Waals surface area contributed by atoms with Gasteiger partial charge >= 0.3 is 12.1 Å². The van der Waals surface area contributed by atoms with Crippen molar-refractivity contribution in [3.8, 4) is 16.9 Å². The second kappa shape index (κ2) is 10.1. The van der Waals surface area contributed by atoms with Crippen molar-refractivity contribution in [2.45, 2.75) is 18.7 Å². The zero-order valence-electron chi connectivity index (χ0n) is 19.3. The summed E-state index contributed by atoms with van der Waals surface area (Å²) in [7, 11) is 1.66. The lowest BCUT2D eigenvalue weighted by atomic mass is 10.0. The van der Waals surface area contributed by atoms with Crippen molar-refractivity contribution >= 4 is 28.3 Å². The van der Waals surface area contributed by atoms with E-state index in [1.165, 1.54) is 4.57 Å². The Morgan fingerprint density at radius 2 is 1.76 bits per heavy atom. The maximum atomic E-state index is 12.9. The van der Waals surface area contributed by atoms with Gasteiger partial charge in [0.25, 0.3) is 11.5 Å². The summed E-state index contributed by atoms with van der Waals surface area (Å²) in [6.45, 7) is 0. The van der Waals surface area contributed by atoms with Crippen LogP contribution in [0, 0.1) is 0 Å². The van der Waals surface area contributed by atoms with Crippen LogP contribution in [0.5, 0.6) is 5.75 Å². The van der Waals surface area contributed by atoms with Crippen LogP contribution < -0.4 is 15.6 Å². The number of carbonyl (C=O) groups excluding carboxylic acids is 1.